The topological polar surface area (TPSA) is 23.8 Å². The molecule has 0 aliphatic carbocycles. The van der Waals surface area contributed by atoms with Gasteiger partial charge in [0.2, 0.25) is 0 Å². The third-order valence-electron chi connectivity index (χ3n) is 3.26. The second kappa shape index (κ2) is 5.06. The predicted molar refractivity (Wildman–Crippen MR) is 75.4 cm³/mol. The van der Waals surface area contributed by atoms with E-state index in [-0.39, 0.29) is 0 Å². The highest BCUT2D eigenvalue weighted by atomic mass is 14.2. The molecule has 90 valence electrons. The molecule has 2 rings (SSSR count). The Balaban J connectivity index is 2.45. The Hall–Kier alpha value is -2.07. The normalized spacial score (nSPS) is 10.4. The first-order valence-electron chi connectivity index (χ1n) is 6.23. The Labute approximate surface area is 109 Å². The second-order valence-corrected chi connectivity index (χ2v) is 4.92. The fraction of sp³-hybridized carbons (Fsp3) is 0.235. The minimum absolute atomic E-state index is 0.547. The average molecular weight is 235 g/mol. The monoisotopic (exact) mass is 235 g/mol. The van der Waals surface area contributed by atoms with E-state index < -0.39 is 0 Å². The van der Waals surface area contributed by atoms with E-state index in [0.717, 1.165) is 5.56 Å². The molecule has 1 heteroatoms. The number of benzene rings is 2. The van der Waals surface area contributed by atoms with Crippen molar-refractivity contribution >= 4 is 0 Å². The maximum absolute atomic E-state index is 8.97. The van der Waals surface area contributed by atoms with Gasteiger partial charge in [0.1, 0.15) is 0 Å². The van der Waals surface area contributed by atoms with Gasteiger partial charge in [-0.1, -0.05) is 44.2 Å². The molecule has 0 N–H and O–H groups in total. The summed E-state index contributed by atoms with van der Waals surface area (Å²) in [4.78, 5) is 0. The molecule has 0 aromatic heterocycles. The zero-order valence-corrected chi connectivity index (χ0v) is 11.1. The van der Waals surface area contributed by atoms with E-state index in [2.05, 4.69) is 51.1 Å². The molecule has 0 saturated carbocycles. The minimum Gasteiger partial charge on any atom is -0.192 e. The zero-order valence-electron chi connectivity index (χ0n) is 11.1. The standard InChI is InChI=1S/C17H17N/c1-12(2)15-6-8-16(9-7-15)17-10-14(11-18)5-4-13(17)3/h4-10,12H,1-3H3. The van der Waals surface area contributed by atoms with E-state index in [9.17, 15) is 0 Å². The van der Waals surface area contributed by atoms with Crippen molar-refractivity contribution in [2.24, 2.45) is 0 Å². The molecule has 0 unspecified atom stereocenters. The average Bonchev–Trinajstić information content (AvgIpc) is 2.39. The highest BCUT2D eigenvalue weighted by Crippen LogP contribution is 2.26. The molecule has 0 fully saturated rings. The molecule has 0 saturated heterocycles. The highest BCUT2D eigenvalue weighted by molar-refractivity contribution is 5.69. The van der Waals surface area contributed by atoms with Gasteiger partial charge in [-0.15, -0.1) is 0 Å². The van der Waals surface area contributed by atoms with Crippen LogP contribution in [-0.2, 0) is 0 Å². The van der Waals surface area contributed by atoms with Crippen LogP contribution in [0.15, 0.2) is 42.5 Å². The van der Waals surface area contributed by atoms with E-state index in [1.807, 2.05) is 18.2 Å². The largest absolute Gasteiger partial charge is 0.192 e. The summed E-state index contributed by atoms with van der Waals surface area (Å²) in [5.74, 6) is 0.547. The molecule has 0 aliphatic heterocycles. The highest BCUT2D eigenvalue weighted by Gasteiger charge is 2.04. The van der Waals surface area contributed by atoms with Crippen molar-refractivity contribution in [2.45, 2.75) is 26.7 Å². The number of nitriles is 1. The molecule has 0 atom stereocenters. The Kier molecular flexibility index (Phi) is 3.48. The Morgan fingerprint density at radius 2 is 1.67 bits per heavy atom. The number of rotatable bonds is 2. The van der Waals surface area contributed by atoms with Gasteiger partial charge in [0.05, 0.1) is 11.6 Å². The predicted octanol–water partition coefficient (Wildman–Crippen LogP) is 4.66. The van der Waals surface area contributed by atoms with Crippen LogP contribution in [-0.4, -0.2) is 0 Å². The molecular weight excluding hydrogens is 218 g/mol. The van der Waals surface area contributed by atoms with Crippen LogP contribution in [0.4, 0.5) is 0 Å². The van der Waals surface area contributed by atoms with Crippen molar-refractivity contribution < 1.29 is 0 Å². The maximum Gasteiger partial charge on any atom is 0.0991 e. The van der Waals surface area contributed by atoms with Crippen molar-refractivity contribution in [2.75, 3.05) is 0 Å². The number of hydrogen-bond donors (Lipinski definition) is 0. The smallest absolute Gasteiger partial charge is 0.0991 e. The van der Waals surface area contributed by atoms with Crippen LogP contribution < -0.4 is 0 Å². The second-order valence-electron chi connectivity index (χ2n) is 4.92. The zero-order chi connectivity index (χ0) is 13.1. The van der Waals surface area contributed by atoms with Crippen molar-refractivity contribution in [1.29, 1.82) is 5.26 Å². The maximum atomic E-state index is 8.97. The van der Waals surface area contributed by atoms with Gasteiger partial charge in [-0.25, -0.2) is 0 Å². The van der Waals surface area contributed by atoms with Gasteiger partial charge in [-0.05, 0) is 47.2 Å². The van der Waals surface area contributed by atoms with Crippen molar-refractivity contribution in [3.8, 4) is 17.2 Å². The van der Waals surface area contributed by atoms with E-state index >= 15 is 0 Å². The molecular formula is C17H17N. The Bertz CT molecular complexity index is 586. The molecule has 2 aromatic carbocycles. The van der Waals surface area contributed by atoms with Gasteiger partial charge in [-0.3, -0.25) is 0 Å². The van der Waals surface area contributed by atoms with Gasteiger partial charge in [-0.2, -0.15) is 5.26 Å². The molecule has 0 bridgehead atoms. The van der Waals surface area contributed by atoms with Gasteiger partial charge >= 0.3 is 0 Å². The van der Waals surface area contributed by atoms with Crippen LogP contribution in [0.2, 0.25) is 0 Å². The lowest BCUT2D eigenvalue weighted by Crippen LogP contribution is -1.89. The lowest BCUT2D eigenvalue weighted by molar-refractivity contribution is 0.867. The SMILES string of the molecule is Cc1ccc(C#N)cc1-c1ccc(C(C)C)cc1. The van der Waals surface area contributed by atoms with Crippen LogP contribution in [0.3, 0.4) is 0 Å². The molecule has 2 aromatic rings. The fourth-order valence-corrected chi connectivity index (χ4v) is 2.05. The summed E-state index contributed by atoms with van der Waals surface area (Å²) < 4.78 is 0. The Morgan fingerprint density at radius 3 is 2.22 bits per heavy atom. The van der Waals surface area contributed by atoms with Crippen LogP contribution in [0.25, 0.3) is 11.1 Å². The van der Waals surface area contributed by atoms with Crippen LogP contribution in [0, 0.1) is 18.3 Å². The van der Waals surface area contributed by atoms with E-state index in [1.54, 1.807) is 0 Å². The van der Waals surface area contributed by atoms with Gasteiger partial charge < -0.3 is 0 Å². The van der Waals surface area contributed by atoms with Crippen LogP contribution >= 0.6 is 0 Å². The lowest BCUT2D eigenvalue weighted by Gasteiger charge is -2.09. The van der Waals surface area contributed by atoms with Crippen molar-refractivity contribution in [1.82, 2.24) is 0 Å². The minimum atomic E-state index is 0.547. The summed E-state index contributed by atoms with van der Waals surface area (Å²) in [6.07, 6.45) is 0. The molecule has 0 amide bonds. The fourth-order valence-electron chi connectivity index (χ4n) is 2.05. The summed E-state index contributed by atoms with van der Waals surface area (Å²) >= 11 is 0. The first kappa shape index (κ1) is 12.4. The number of nitrogens with zero attached hydrogens (tertiary/aromatic N) is 1. The third-order valence-corrected chi connectivity index (χ3v) is 3.26. The third kappa shape index (κ3) is 2.43. The Morgan fingerprint density at radius 1 is 1.00 bits per heavy atom. The molecule has 0 spiro atoms. The molecule has 0 heterocycles. The quantitative estimate of drug-likeness (QED) is 0.742. The number of aryl methyl sites for hydroxylation is 1. The van der Waals surface area contributed by atoms with Crippen molar-refractivity contribution in [3.63, 3.8) is 0 Å². The lowest BCUT2D eigenvalue weighted by atomic mass is 9.95. The van der Waals surface area contributed by atoms with E-state index in [1.165, 1.54) is 16.7 Å². The summed E-state index contributed by atoms with van der Waals surface area (Å²) in [5, 5.41) is 8.97. The molecule has 0 radical (unpaired) electrons. The van der Waals surface area contributed by atoms with Gasteiger partial charge in [0, 0.05) is 0 Å². The van der Waals surface area contributed by atoms with Gasteiger partial charge in [0.15, 0.2) is 0 Å². The summed E-state index contributed by atoms with van der Waals surface area (Å²) in [6.45, 7) is 6.46. The molecule has 18 heavy (non-hydrogen) atoms. The van der Waals surface area contributed by atoms with Crippen LogP contribution in [0.1, 0.15) is 36.5 Å². The van der Waals surface area contributed by atoms with Gasteiger partial charge in [0.25, 0.3) is 0 Å². The first-order valence-corrected chi connectivity index (χ1v) is 6.23. The summed E-state index contributed by atoms with van der Waals surface area (Å²) in [7, 11) is 0. The molecule has 1 nitrogen and oxygen atoms in total. The van der Waals surface area contributed by atoms with E-state index in [0.29, 0.717) is 11.5 Å². The van der Waals surface area contributed by atoms with E-state index in [4.69, 9.17) is 5.26 Å². The van der Waals surface area contributed by atoms with Crippen molar-refractivity contribution in [3.05, 3.63) is 59.2 Å². The van der Waals surface area contributed by atoms with Crippen LogP contribution in [0.5, 0.6) is 0 Å². The molecule has 0 aliphatic rings. The summed E-state index contributed by atoms with van der Waals surface area (Å²) in [5.41, 5.74) is 5.57. The first-order chi connectivity index (χ1) is 8.61. The number of hydrogen-bond acceptors (Lipinski definition) is 1. The summed E-state index contributed by atoms with van der Waals surface area (Å²) in [6, 6.07) is 16.6.